The van der Waals surface area contributed by atoms with Crippen LogP contribution in [0.2, 0.25) is 0 Å². The highest BCUT2D eigenvalue weighted by atomic mass is 16.5. The van der Waals surface area contributed by atoms with E-state index in [1.54, 1.807) is 0 Å². The Bertz CT molecular complexity index is 139. The van der Waals surface area contributed by atoms with E-state index >= 15 is 0 Å². The van der Waals surface area contributed by atoms with Gasteiger partial charge in [0.25, 0.3) is 0 Å². The number of hydrogen-bond acceptors (Lipinski definition) is 4. The average Bonchev–Trinajstić information content (AvgIpc) is 2.11. The molecule has 0 aliphatic heterocycles. The van der Waals surface area contributed by atoms with Gasteiger partial charge >= 0.3 is 5.97 Å². The molecule has 4 heteroatoms. The first-order valence-electron chi connectivity index (χ1n) is 4.17. The largest absolute Gasteiger partial charge is 0.468 e. The van der Waals surface area contributed by atoms with Crippen molar-refractivity contribution in [3.63, 3.8) is 0 Å². The molecule has 0 saturated heterocycles. The Morgan fingerprint density at radius 3 is 2.58 bits per heavy atom. The molecular formula is C8H18N2O2. The van der Waals surface area contributed by atoms with Gasteiger partial charge in [-0.15, -0.1) is 0 Å². The summed E-state index contributed by atoms with van der Waals surface area (Å²) in [5, 5.41) is 0. The molecule has 4 N–H and O–H groups in total. The van der Waals surface area contributed by atoms with E-state index in [2.05, 4.69) is 4.74 Å². The van der Waals surface area contributed by atoms with Gasteiger partial charge in [0.15, 0.2) is 0 Å². The van der Waals surface area contributed by atoms with Gasteiger partial charge < -0.3 is 16.2 Å². The smallest absolute Gasteiger partial charge is 0.322 e. The molecule has 0 heterocycles. The fourth-order valence-corrected chi connectivity index (χ4v) is 0.988. The minimum atomic E-state index is -0.512. The molecule has 0 aromatic heterocycles. The molecular weight excluding hydrogens is 156 g/mol. The molecule has 0 amide bonds. The molecule has 0 bridgehead atoms. The van der Waals surface area contributed by atoms with E-state index in [1.165, 1.54) is 7.11 Å². The number of rotatable bonds is 5. The summed E-state index contributed by atoms with van der Waals surface area (Å²) < 4.78 is 4.52. The third-order valence-electron chi connectivity index (χ3n) is 1.95. The van der Waals surface area contributed by atoms with Gasteiger partial charge in [0.1, 0.15) is 6.04 Å². The van der Waals surface area contributed by atoms with Gasteiger partial charge in [0.05, 0.1) is 7.11 Å². The van der Waals surface area contributed by atoms with Crippen molar-refractivity contribution in [3.05, 3.63) is 0 Å². The van der Waals surface area contributed by atoms with Crippen molar-refractivity contribution in [2.45, 2.75) is 25.8 Å². The highest BCUT2D eigenvalue weighted by Crippen LogP contribution is 2.09. The second kappa shape index (κ2) is 5.97. The number of esters is 1. The molecule has 12 heavy (non-hydrogen) atoms. The number of methoxy groups -OCH3 is 1. The van der Waals surface area contributed by atoms with Gasteiger partial charge in [0, 0.05) is 0 Å². The van der Waals surface area contributed by atoms with Gasteiger partial charge in [-0.25, -0.2) is 0 Å². The van der Waals surface area contributed by atoms with Crippen LogP contribution in [0.1, 0.15) is 19.8 Å². The zero-order chi connectivity index (χ0) is 9.56. The van der Waals surface area contributed by atoms with Gasteiger partial charge in [-0.1, -0.05) is 6.92 Å². The molecule has 0 fully saturated rings. The van der Waals surface area contributed by atoms with Crippen molar-refractivity contribution in [2.75, 3.05) is 13.7 Å². The Morgan fingerprint density at radius 1 is 1.58 bits per heavy atom. The van der Waals surface area contributed by atoms with E-state index in [0.717, 1.165) is 12.8 Å². The van der Waals surface area contributed by atoms with E-state index in [1.807, 2.05) is 6.92 Å². The van der Waals surface area contributed by atoms with Gasteiger partial charge in [-0.05, 0) is 25.3 Å². The van der Waals surface area contributed by atoms with Crippen LogP contribution in [-0.4, -0.2) is 25.7 Å². The van der Waals surface area contributed by atoms with Crippen LogP contribution in [0.15, 0.2) is 0 Å². The molecule has 1 unspecified atom stereocenters. The van der Waals surface area contributed by atoms with Crippen LogP contribution in [0.25, 0.3) is 0 Å². The standard InChI is InChI=1S/C8H18N2O2/c1-6(4-3-5-9)7(10)8(11)12-2/h6-7H,3-5,9-10H2,1-2H3/t6?,7-/m0/s1. The Balaban J connectivity index is 3.75. The molecule has 72 valence electrons. The summed E-state index contributed by atoms with van der Waals surface area (Å²) in [6.45, 7) is 2.56. The average molecular weight is 174 g/mol. The van der Waals surface area contributed by atoms with Crippen molar-refractivity contribution in [1.82, 2.24) is 0 Å². The third kappa shape index (κ3) is 3.69. The van der Waals surface area contributed by atoms with Gasteiger partial charge in [0.2, 0.25) is 0 Å². The lowest BCUT2D eigenvalue weighted by Gasteiger charge is -2.16. The first-order chi connectivity index (χ1) is 5.63. The van der Waals surface area contributed by atoms with E-state index in [4.69, 9.17) is 11.5 Å². The van der Waals surface area contributed by atoms with Gasteiger partial charge in [-0.2, -0.15) is 0 Å². The van der Waals surface area contributed by atoms with Crippen LogP contribution in [-0.2, 0) is 9.53 Å². The number of hydrogen-bond donors (Lipinski definition) is 2. The Morgan fingerprint density at radius 2 is 2.17 bits per heavy atom. The molecule has 4 nitrogen and oxygen atoms in total. The molecule has 0 aromatic rings. The van der Waals surface area contributed by atoms with Crippen molar-refractivity contribution < 1.29 is 9.53 Å². The molecule has 0 rings (SSSR count). The summed E-state index contributed by atoms with van der Waals surface area (Å²) in [7, 11) is 1.35. The quantitative estimate of drug-likeness (QED) is 0.569. The summed E-state index contributed by atoms with van der Waals surface area (Å²) in [4.78, 5) is 10.9. The zero-order valence-electron chi connectivity index (χ0n) is 7.75. The van der Waals surface area contributed by atoms with Crippen LogP contribution in [0.3, 0.4) is 0 Å². The predicted molar refractivity (Wildman–Crippen MR) is 47.4 cm³/mol. The fourth-order valence-electron chi connectivity index (χ4n) is 0.988. The van der Waals surface area contributed by atoms with E-state index in [9.17, 15) is 4.79 Å². The highest BCUT2D eigenvalue weighted by Gasteiger charge is 2.20. The van der Waals surface area contributed by atoms with Crippen LogP contribution >= 0.6 is 0 Å². The van der Waals surface area contributed by atoms with Crippen molar-refractivity contribution in [2.24, 2.45) is 17.4 Å². The number of carbonyl (C=O) groups is 1. The topological polar surface area (TPSA) is 78.3 Å². The van der Waals surface area contributed by atoms with Crippen LogP contribution in [0, 0.1) is 5.92 Å². The predicted octanol–water partition coefficient (Wildman–Crippen LogP) is -0.138. The first kappa shape index (κ1) is 11.4. The molecule has 0 aliphatic carbocycles. The fraction of sp³-hybridized carbons (Fsp3) is 0.875. The molecule has 0 aromatic carbocycles. The second-order valence-electron chi connectivity index (χ2n) is 2.96. The lowest BCUT2D eigenvalue weighted by Crippen LogP contribution is -2.37. The molecule has 0 spiro atoms. The summed E-state index contributed by atoms with van der Waals surface area (Å²) in [5.41, 5.74) is 10.9. The molecule has 0 saturated carbocycles. The van der Waals surface area contributed by atoms with E-state index in [-0.39, 0.29) is 11.9 Å². The normalized spacial score (nSPS) is 15.3. The maximum absolute atomic E-state index is 10.9. The number of carbonyl (C=O) groups excluding carboxylic acids is 1. The zero-order valence-corrected chi connectivity index (χ0v) is 7.75. The number of nitrogens with two attached hydrogens (primary N) is 2. The third-order valence-corrected chi connectivity index (χ3v) is 1.95. The summed E-state index contributed by atoms with van der Waals surface area (Å²) in [6, 6.07) is -0.512. The maximum Gasteiger partial charge on any atom is 0.322 e. The van der Waals surface area contributed by atoms with Crippen molar-refractivity contribution in [3.8, 4) is 0 Å². The first-order valence-corrected chi connectivity index (χ1v) is 4.17. The summed E-state index contributed by atoms with van der Waals surface area (Å²) in [5.74, 6) is -0.208. The minimum Gasteiger partial charge on any atom is -0.468 e. The molecule has 2 atom stereocenters. The monoisotopic (exact) mass is 174 g/mol. The minimum absolute atomic E-state index is 0.140. The molecule has 0 radical (unpaired) electrons. The summed E-state index contributed by atoms with van der Waals surface area (Å²) >= 11 is 0. The van der Waals surface area contributed by atoms with Crippen molar-refractivity contribution >= 4 is 5.97 Å². The summed E-state index contributed by atoms with van der Waals surface area (Å²) in [6.07, 6.45) is 1.76. The maximum atomic E-state index is 10.9. The van der Waals surface area contributed by atoms with Crippen LogP contribution in [0.4, 0.5) is 0 Å². The highest BCUT2D eigenvalue weighted by molar-refractivity contribution is 5.75. The van der Waals surface area contributed by atoms with E-state index < -0.39 is 6.04 Å². The Labute approximate surface area is 73.2 Å². The van der Waals surface area contributed by atoms with Gasteiger partial charge in [-0.3, -0.25) is 4.79 Å². The molecule has 0 aliphatic rings. The van der Waals surface area contributed by atoms with Crippen molar-refractivity contribution in [1.29, 1.82) is 0 Å². The number of ether oxygens (including phenoxy) is 1. The Kier molecular flexibility index (Phi) is 5.66. The SMILES string of the molecule is COC(=O)[C@@H](N)C(C)CCCN. The van der Waals surface area contributed by atoms with Crippen LogP contribution in [0.5, 0.6) is 0 Å². The Hall–Kier alpha value is -0.610. The second-order valence-corrected chi connectivity index (χ2v) is 2.96. The lowest BCUT2D eigenvalue weighted by atomic mass is 9.97. The van der Waals surface area contributed by atoms with Crippen LogP contribution < -0.4 is 11.5 Å². The van der Waals surface area contributed by atoms with E-state index in [0.29, 0.717) is 6.54 Å². The lowest BCUT2D eigenvalue weighted by molar-refractivity contribution is -0.143.